The average molecular weight is 1100 g/mol. The fourth-order valence-electron chi connectivity index (χ4n) is 9.28. The van der Waals surface area contributed by atoms with Crippen LogP contribution in [0.4, 0.5) is 0 Å². The van der Waals surface area contributed by atoms with Gasteiger partial charge < -0.3 is 14.2 Å². The van der Waals surface area contributed by atoms with Gasteiger partial charge in [0.15, 0.2) is 6.10 Å². The predicted molar refractivity (Wildman–Crippen MR) is 343 cm³/mol. The monoisotopic (exact) mass is 1100 g/mol. The molecular weight excluding hydrogens is 973 g/mol. The fraction of sp³-hybridized carbons (Fsp3) is 0.712. The zero-order chi connectivity index (χ0) is 57.1. The first-order valence-electron chi connectivity index (χ1n) is 33.4. The standard InChI is InChI=1S/C73H124O6/c1-4-7-10-13-16-19-22-25-28-30-31-32-33-34-35-36-37-38-39-40-41-43-45-48-51-54-57-60-63-66-72(75)78-69-70(68-77-71(74)65-62-59-56-53-50-47-44-27-24-21-18-15-12-9-6-3)79-73(76)67-64-61-58-55-52-49-46-42-29-26-23-20-17-14-11-8-5-2/h7,10,16,18-19,21,25,27-28,31-32,34-35,37-38,40-41,44,70H,4-6,8-9,11-15,17,20,22-24,26,29-30,33,36,39,42-43,45-69H2,1-3H3/b10-7-,19-16-,21-18-,28-25-,32-31-,35-34-,38-37-,41-40-,44-27-. The third kappa shape index (κ3) is 64.8. The van der Waals surface area contributed by atoms with Crippen molar-refractivity contribution in [3.8, 4) is 0 Å². The fourth-order valence-corrected chi connectivity index (χ4v) is 9.28. The Hall–Kier alpha value is -3.93. The number of ether oxygens (including phenoxy) is 3. The van der Waals surface area contributed by atoms with Crippen molar-refractivity contribution >= 4 is 17.9 Å². The third-order valence-corrected chi connectivity index (χ3v) is 14.3. The Morgan fingerprint density at radius 2 is 0.494 bits per heavy atom. The van der Waals surface area contributed by atoms with Crippen molar-refractivity contribution in [2.75, 3.05) is 13.2 Å². The van der Waals surface area contributed by atoms with E-state index in [0.29, 0.717) is 19.3 Å². The van der Waals surface area contributed by atoms with E-state index in [1.165, 1.54) is 148 Å². The van der Waals surface area contributed by atoms with Crippen LogP contribution >= 0.6 is 0 Å². The molecule has 0 aliphatic carbocycles. The minimum atomic E-state index is -0.790. The molecule has 0 saturated heterocycles. The summed E-state index contributed by atoms with van der Waals surface area (Å²) in [6.07, 6.45) is 90.9. The number of carbonyl (C=O) groups is 3. The molecule has 0 aliphatic heterocycles. The molecule has 1 unspecified atom stereocenters. The molecule has 0 aromatic heterocycles. The number of esters is 3. The van der Waals surface area contributed by atoms with E-state index in [4.69, 9.17) is 14.2 Å². The lowest BCUT2D eigenvalue weighted by Crippen LogP contribution is -2.30. The number of unbranched alkanes of at least 4 members (excludes halogenated alkanes) is 31. The topological polar surface area (TPSA) is 78.9 Å². The Morgan fingerprint density at radius 1 is 0.266 bits per heavy atom. The van der Waals surface area contributed by atoms with Gasteiger partial charge in [0.1, 0.15) is 13.2 Å². The molecule has 0 bridgehead atoms. The van der Waals surface area contributed by atoms with E-state index in [1.54, 1.807) is 0 Å². The van der Waals surface area contributed by atoms with E-state index >= 15 is 0 Å². The summed E-state index contributed by atoms with van der Waals surface area (Å²) in [6.45, 7) is 6.51. The van der Waals surface area contributed by atoms with Gasteiger partial charge in [0.25, 0.3) is 0 Å². The lowest BCUT2D eigenvalue weighted by Gasteiger charge is -2.18. The second-order valence-corrected chi connectivity index (χ2v) is 22.0. The second-order valence-electron chi connectivity index (χ2n) is 22.0. The molecule has 0 fully saturated rings. The Kier molecular flexibility index (Phi) is 63.3. The van der Waals surface area contributed by atoms with Gasteiger partial charge in [0.05, 0.1) is 0 Å². The van der Waals surface area contributed by atoms with E-state index in [0.717, 1.165) is 128 Å². The van der Waals surface area contributed by atoms with Gasteiger partial charge in [-0.2, -0.15) is 0 Å². The highest BCUT2D eigenvalue weighted by Gasteiger charge is 2.19. The van der Waals surface area contributed by atoms with Crippen molar-refractivity contribution in [2.45, 2.75) is 322 Å². The van der Waals surface area contributed by atoms with Crippen LogP contribution in [0.1, 0.15) is 316 Å². The third-order valence-electron chi connectivity index (χ3n) is 14.3. The number of allylic oxidation sites excluding steroid dienone is 18. The van der Waals surface area contributed by atoms with Crippen LogP contribution in [0, 0.1) is 0 Å². The molecule has 452 valence electrons. The molecule has 0 spiro atoms. The van der Waals surface area contributed by atoms with Crippen LogP contribution in [0.3, 0.4) is 0 Å². The average Bonchev–Trinajstić information content (AvgIpc) is 3.45. The number of rotatable bonds is 60. The van der Waals surface area contributed by atoms with Gasteiger partial charge in [0, 0.05) is 19.3 Å². The summed E-state index contributed by atoms with van der Waals surface area (Å²) in [6, 6.07) is 0. The van der Waals surface area contributed by atoms with E-state index in [1.807, 2.05) is 0 Å². The van der Waals surface area contributed by atoms with Crippen molar-refractivity contribution in [1.29, 1.82) is 0 Å². The van der Waals surface area contributed by atoms with Crippen LogP contribution in [0.5, 0.6) is 0 Å². The molecule has 0 saturated carbocycles. The zero-order valence-electron chi connectivity index (χ0n) is 51.9. The van der Waals surface area contributed by atoms with Crippen LogP contribution in [0.15, 0.2) is 109 Å². The molecule has 6 heteroatoms. The molecule has 0 aromatic rings. The summed E-state index contributed by atoms with van der Waals surface area (Å²) >= 11 is 0. The van der Waals surface area contributed by atoms with Gasteiger partial charge in [-0.25, -0.2) is 0 Å². The van der Waals surface area contributed by atoms with Crippen LogP contribution in [0.2, 0.25) is 0 Å². The summed E-state index contributed by atoms with van der Waals surface area (Å²) < 4.78 is 16.9. The van der Waals surface area contributed by atoms with Gasteiger partial charge in [-0.15, -0.1) is 0 Å². The van der Waals surface area contributed by atoms with Crippen molar-refractivity contribution in [3.05, 3.63) is 109 Å². The van der Waals surface area contributed by atoms with Crippen LogP contribution in [0.25, 0.3) is 0 Å². The molecule has 0 rings (SSSR count). The Bertz CT molecular complexity index is 1590. The van der Waals surface area contributed by atoms with Crippen LogP contribution < -0.4 is 0 Å². The number of hydrogen-bond donors (Lipinski definition) is 0. The first kappa shape index (κ1) is 75.1. The summed E-state index contributed by atoms with van der Waals surface area (Å²) in [5.74, 6) is -0.898. The van der Waals surface area contributed by atoms with Crippen molar-refractivity contribution in [3.63, 3.8) is 0 Å². The minimum Gasteiger partial charge on any atom is -0.462 e. The summed E-state index contributed by atoms with van der Waals surface area (Å²) in [7, 11) is 0. The van der Waals surface area contributed by atoms with Crippen molar-refractivity contribution in [1.82, 2.24) is 0 Å². The normalized spacial score (nSPS) is 12.8. The zero-order valence-corrected chi connectivity index (χ0v) is 51.9. The van der Waals surface area contributed by atoms with Crippen molar-refractivity contribution < 1.29 is 28.6 Å². The van der Waals surface area contributed by atoms with Gasteiger partial charge in [-0.05, 0) is 109 Å². The SMILES string of the molecule is CC/C=C\C/C=C\C/C=C\C/C=C\C/C=C\C/C=C\C/C=C\CCCCCCCCCC(=O)OCC(COC(=O)CCCCCCC/C=C\C/C=C\CCCCC)OC(=O)CCCCCCCCCCCCCCCCCCC. The maximum absolute atomic E-state index is 12.9. The Labute approximate surface area is 489 Å². The highest BCUT2D eigenvalue weighted by atomic mass is 16.6. The number of carbonyl (C=O) groups excluding carboxylic acids is 3. The molecule has 6 nitrogen and oxygen atoms in total. The van der Waals surface area contributed by atoms with Gasteiger partial charge in [-0.1, -0.05) is 297 Å². The molecule has 0 radical (unpaired) electrons. The molecule has 0 aliphatic rings. The smallest absolute Gasteiger partial charge is 0.306 e. The molecule has 0 heterocycles. The van der Waals surface area contributed by atoms with Crippen molar-refractivity contribution in [2.24, 2.45) is 0 Å². The first-order chi connectivity index (χ1) is 39.0. The Balaban J connectivity index is 4.35. The molecule has 0 N–H and O–H groups in total. The summed E-state index contributed by atoms with van der Waals surface area (Å²) in [4.78, 5) is 38.4. The maximum Gasteiger partial charge on any atom is 0.306 e. The van der Waals surface area contributed by atoms with Crippen LogP contribution in [-0.4, -0.2) is 37.2 Å². The molecule has 0 amide bonds. The second kappa shape index (κ2) is 66.6. The summed E-state index contributed by atoms with van der Waals surface area (Å²) in [5.41, 5.74) is 0. The number of hydrogen-bond acceptors (Lipinski definition) is 6. The highest BCUT2D eigenvalue weighted by Crippen LogP contribution is 2.16. The maximum atomic E-state index is 12.9. The molecule has 79 heavy (non-hydrogen) atoms. The molecule has 1 atom stereocenters. The quantitative estimate of drug-likeness (QED) is 0.0261. The minimum absolute atomic E-state index is 0.0869. The van der Waals surface area contributed by atoms with Gasteiger partial charge in [0.2, 0.25) is 0 Å². The molecule has 0 aromatic carbocycles. The summed E-state index contributed by atoms with van der Waals surface area (Å²) in [5, 5.41) is 0. The van der Waals surface area contributed by atoms with E-state index < -0.39 is 6.10 Å². The van der Waals surface area contributed by atoms with Gasteiger partial charge >= 0.3 is 17.9 Å². The highest BCUT2D eigenvalue weighted by molar-refractivity contribution is 5.71. The largest absolute Gasteiger partial charge is 0.462 e. The van der Waals surface area contributed by atoms with Gasteiger partial charge in [-0.3, -0.25) is 14.4 Å². The predicted octanol–water partition coefficient (Wildman–Crippen LogP) is 23.0. The lowest BCUT2D eigenvalue weighted by atomic mass is 10.0. The first-order valence-corrected chi connectivity index (χ1v) is 33.4. The van der Waals surface area contributed by atoms with E-state index in [2.05, 4.69) is 130 Å². The van der Waals surface area contributed by atoms with Crippen LogP contribution in [-0.2, 0) is 28.6 Å². The van der Waals surface area contributed by atoms with E-state index in [-0.39, 0.29) is 31.1 Å². The Morgan fingerprint density at radius 3 is 0.797 bits per heavy atom. The van der Waals surface area contributed by atoms with E-state index in [9.17, 15) is 14.4 Å². The molecular formula is C73H124O6. The lowest BCUT2D eigenvalue weighted by molar-refractivity contribution is -0.167.